The molecule has 27 heavy (non-hydrogen) atoms. The lowest BCUT2D eigenvalue weighted by atomic mass is 10.1. The highest BCUT2D eigenvalue weighted by Gasteiger charge is 2.18. The van der Waals surface area contributed by atoms with Crippen molar-refractivity contribution in [2.45, 2.75) is 39.7 Å². The van der Waals surface area contributed by atoms with Crippen LogP contribution in [0.15, 0.2) is 46.9 Å². The van der Waals surface area contributed by atoms with Gasteiger partial charge in [-0.15, -0.1) is 10.2 Å². The lowest BCUT2D eigenvalue weighted by molar-refractivity contribution is -0.133. The highest BCUT2D eigenvalue weighted by Crippen LogP contribution is 2.27. The van der Waals surface area contributed by atoms with Gasteiger partial charge in [0.25, 0.3) is 0 Å². The van der Waals surface area contributed by atoms with Crippen molar-refractivity contribution in [2.75, 3.05) is 6.54 Å². The Morgan fingerprint density at radius 1 is 1.00 bits per heavy atom. The Hall–Kier alpha value is -2.95. The van der Waals surface area contributed by atoms with E-state index in [2.05, 4.69) is 23.2 Å². The van der Waals surface area contributed by atoms with Gasteiger partial charge in [0, 0.05) is 30.6 Å². The van der Waals surface area contributed by atoms with Crippen LogP contribution < -0.4 is 0 Å². The fourth-order valence-electron chi connectivity index (χ4n) is 3.50. The summed E-state index contributed by atoms with van der Waals surface area (Å²) in [5, 5.41) is 8.41. The van der Waals surface area contributed by atoms with Gasteiger partial charge < -0.3 is 9.32 Å². The SMILES string of the molecule is Cc1ccc(-c2nnc(-c3ccc(CN4CCCCC4=O)cc3)o2)c(C)c1. The maximum absolute atomic E-state index is 12.0. The Morgan fingerprint density at radius 3 is 2.52 bits per heavy atom. The topological polar surface area (TPSA) is 59.2 Å². The Kier molecular flexibility index (Phi) is 4.75. The number of carbonyl (C=O) groups is 1. The predicted octanol–water partition coefficient (Wildman–Crippen LogP) is 4.53. The third kappa shape index (κ3) is 3.77. The van der Waals surface area contributed by atoms with Crippen molar-refractivity contribution < 1.29 is 9.21 Å². The van der Waals surface area contributed by atoms with Gasteiger partial charge in [-0.05, 0) is 56.0 Å². The van der Waals surface area contributed by atoms with E-state index in [9.17, 15) is 4.79 Å². The van der Waals surface area contributed by atoms with Crippen molar-refractivity contribution in [2.24, 2.45) is 0 Å². The number of amides is 1. The summed E-state index contributed by atoms with van der Waals surface area (Å²) in [4.78, 5) is 13.9. The number of likely N-dealkylation sites (tertiary alicyclic amines) is 1. The fourth-order valence-corrected chi connectivity index (χ4v) is 3.50. The highest BCUT2D eigenvalue weighted by molar-refractivity contribution is 5.76. The summed E-state index contributed by atoms with van der Waals surface area (Å²) in [6.45, 7) is 5.62. The molecule has 1 aliphatic rings. The van der Waals surface area contributed by atoms with Crippen LogP contribution in [-0.4, -0.2) is 27.5 Å². The second kappa shape index (κ2) is 7.35. The first-order valence-corrected chi connectivity index (χ1v) is 9.38. The van der Waals surface area contributed by atoms with Gasteiger partial charge >= 0.3 is 0 Å². The van der Waals surface area contributed by atoms with Gasteiger partial charge in [0.05, 0.1) is 0 Å². The molecule has 0 saturated carbocycles. The second-order valence-corrected chi connectivity index (χ2v) is 7.20. The number of nitrogens with zero attached hydrogens (tertiary/aromatic N) is 3. The molecule has 4 rings (SSSR count). The molecule has 0 atom stereocenters. The number of piperidine rings is 1. The third-order valence-corrected chi connectivity index (χ3v) is 5.03. The van der Waals surface area contributed by atoms with Crippen LogP contribution in [0.1, 0.15) is 36.0 Å². The zero-order chi connectivity index (χ0) is 18.8. The molecule has 0 aliphatic carbocycles. The van der Waals surface area contributed by atoms with Crippen molar-refractivity contribution in [1.82, 2.24) is 15.1 Å². The van der Waals surface area contributed by atoms with Gasteiger partial charge in [-0.3, -0.25) is 4.79 Å². The van der Waals surface area contributed by atoms with Crippen LogP contribution in [0.3, 0.4) is 0 Å². The van der Waals surface area contributed by atoms with Crippen molar-refractivity contribution in [3.05, 3.63) is 59.2 Å². The zero-order valence-electron chi connectivity index (χ0n) is 15.7. The Bertz CT molecular complexity index is 960. The van der Waals surface area contributed by atoms with Crippen LogP contribution in [0.25, 0.3) is 22.9 Å². The quantitative estimate of drug-likeness (QED) is 0.685. The van der Waals surface area contributed by atoms with Crippen LogP contribution in [0.2, 0.25) is 0 Å². The summed E-state index contributed by atoms with van der Waals surface area (Å²) in [5.41, 5.74) is 5.28. The molecule has 138 valence electrons. The minimum absolute atomic E-state index is 0.250. The zero-order valence-corrected chi connectivity index (χ0v) is 15.7. The number of benzene rings is 2. The standard InChI is InChI=1S/C22H23N3O2/c1-15-6-11-19(16(2)13-15)22-24-23-21(27-22)18-9-7-17(8-10-18)14-25-12-4-3-5-20(25)26/h6-11,13H,3-5,12,14H2,1-2H3. The molecule has 3 aromatic rings. The van der Waals surface area contributed by atoms with Gasteiger partial charge in [0.15, 0.2) is 0 Å². The van der Waals surface area contributed by atoms with Crippen LogP contribution >= 0.6 is 0 Å². The number of rotatable bonds is 4. The molecule has 0 unspecified atom stereocenters. The second-order valence-electron chi connectivity index (χ2n) is 7.20. The molecular weight excluding hydrogens is 338 g/mol. The summed E-state index contributed by atoms with van der Waals surface area (Å²) in [5.74, 6) is 1.29. The third-order valence-electron chi connectivity index (χ3n) is 5.03. The summed E-state index contributed by atoms with van der Waals surface area (Å²) in [6.07, 6.45) is 2.77. The van der Waals surface area contributed by atoms with Crippen molar-refractivity contribution in [1.29, 1.82) is 0 Å². The summed E-state index contributed by atoms with van der Waals surface area (Å²) in [6, 6.07) is 14.2. The first kappa shape index (κ1) is 17.5. The molecule has 1 saturated heterocycles. The smallest absolute Gasteiger partial charge is 0.248 e. The molecule has 0 radical (unpaired) electrons. The van der Waals surface area contributed by atoms with Gasteiger partial charge in [-0.2, -0.15) is 0 Å². The number of carbonyl (C=O) groups excluding carboxylic acids is 1. The maximum atomic E-state index is 12.0. The molecule has 1 amide bonds. The first-order chi connectivity index (χ1) is 13.1. The molecule has 2 aromatic carbocycles. The highest BCUT2D eigenvalue weighted by atomic mass is 16.4. The lowest BCUT2D eigenvalue weighted by Crippen LogP contribution is -2.34. The fraction of sp³-hybridized carbons (Fsp3) is 0.318. The molecule has 2 heterocycles. The minimum atomic E-state index is 0.250. The van der Waals surface area contributed by atoms with Gasteiger partial charge in [-0.1, -0.05) is 29.8 Å². The Morgan fingerprint density at radius 2 is 1.78 bits per heavy atom. The number of aryl methyl sites for hydroxylation is 2. The van der Waals surface area contributed by atoms with E-state index >= 15 is 0 Å². The van der Waals surface area contributed by atoms with E-state index in [-0.39, 0.29) is 5.91 Å². The normalized spacial score (nSPS) is 14.6. The Labute approximate surface area is 159 Å². The molecule has 1 fully saturated rings. The van der Waals surface area contributed by atoms with E-state index in [0.717, 1.165) is 41.6 Å². The van der Waals surface area contributed by atoms with E-state index in [1.165, 1.54) is 5.56 Å². The Balaban J connectivity index is 1.51. The van der Waals surface area contributed by atoms with Crippen LogP contribution in [0.4, 0.5) is 0 Å². The minimum Gasteiger partial charge on any atom is -0.416 e. The number of aromatic nitrogens is 2. The molecule has 0 spiro atoms. The van der Waals surface area contributed by atoms with Gasteiger partial charge in [-0.25, -0.2) is 0 Å². The van der Waals surface area contributed by atoms with Crippen LogP contribution in [0.5, 0.6) is 0 Å². The predicted molar refractivity (Wildman–Crippen MR) is 104 cm³/mol. The van der Waals surface area contributed by atoms with Gasteiger partial charge in [0.2, 0.25) is 17.7 Å². The van der Waals surface area contributed by atoms with E-state index < -0.39 is 0 Å². The van der Waals surface area contributed by atoms with Crippen LogP contribution in [0, 0.1) is 13.8 Å². The average Bonchev–Trinajstić information content (AvgIpc) is 3.14. The van der Waals surface area contributed by atoms with E-state index in [1.807, 2.05) is 48.2 Å². The molecule has 0 bridgehead atoms. The molecule has 0 N–H and O–H groups in total. The molecule has 1 aliphatic heterocycles. The summed E-state index contributed by atoms with van der Waals surface area (Å²) >= 11 is 0. The summed E-state index contributed by atoms with van der Waals surface area (Å²) < 4.78 is 5.90. The number of hydrogen-bond donors (Lipinski definition) is 0. The average molecular weight is 361 g/mol. The van der Waals surface area contributed by atoms with Crippen molar-refractivity contribution in [3.8, 4) is 22.9 Å². The number of hydrogen-bond acceptors (Lipinski definition) is 4. The van der Waals surface area contributed by atoms with E-state index in [4.69, 9.17) is 4.42 Å². The largest absolute Gasteiger partial charge is 0.416 e. The van der Waals surface area contributed by atoms with Crippen molar-refractivity contribution >= 4 is 5.91 Å². The van der Waals surface area contributed by atoms with Crippen molar-refractivity contribution in [3.63, 3.8) is 0 Å². The van der Waals surface area contributed by atoms with E-state index in [0.29, 0.717) is 24.7 Å². The molecule has 5 heteroatoms. The summed E-state index contributed by atoms with van der Waals surface area (Å²) in [7, 11) is 0. The molecular formula is C22H23N3O2. The first-order valence-electron chi connectivity index (χ1n) is 9.38. The lowest BCUT2D eigenvalue weighted by Gasteiger charge is -2.26. The molecule has 5 nitrogen and oxygen atoms in total. The van der Waals surface area contributed by atoms with E-state index in [1.54, 1.807) is 0 Å². The van der Waals surface area contributed by atoms with Crippen LogP contribution in [-0.2, 0) is 11.3 Å². The van der Waals surface area contributed by atoms with Gasteiger partial charge in [0.1, 0.15) is 0 Å². The monoisotopic (exact) mass is 361 g/mol. The molecule has 1 aromatic heterocycles. The maximum Gasteiger partial charge on any atom is 0.248 e.